The molecule has 0 rings (SSSR count). The van der Waals surface area contributed by atoms with Gasteiger partial charge in [-0.05, 0) is 6.54 Å². The summed E-state index contributed by atoms with van der Waals surface area (Å²) in [6.07, 6.45) is 0. The molecule has 0 aromatic rings. The van der Waals surface area contributed by atoms with Crippen LogP contribution in [0, 0.1) is 0 Å². The zero-order valence-corrected chi connectivity index (χ0v) is 7.00. The van der Waals surface area contributed by atoms with E-state index in [-0.39, 0.29) is 0 Å². The average molecular weight is 170 g/mol. The lowest BCUT2D eigenvalue weighted by atomic mass is 10.6. The molecule has 6 heteroatoms. The topological polar surface area (TPSA) is 95.6 Å². The zero-order valence-electron chi connectivity index (χ0n) is 6.00. The largest absolute Gasteiger partial charge is 0.329 e. The summed E-state index contributed by atoms with van der Waals surface area (Å²) in [5.41, 5.74) is 5.15. The van der Waals surface area contributed by atoms with E-state index in [0.29, 0.717) is 0 Å². The van der Waals surface area contributed by atoms with E-state index >= 15 is 0 Å². The van der Waals surface area contributed by atoms with Gasteiger partial charge in [-0.1, -0.05) is 6.92 Å². The Labute approximate surface area is 61.2 Å². The minimum atomic E-state index is -3.13. The molecule has 5 N–H and O–H groups in total. The van der Waals surface area contributed by atoms with E-state index in [1.165, 1.54) is 0 Å². The second-order valence-corrected chi connectivity index (χ2v) is 1.99. The van der Waals surface area contributed by atoms with Gasteiger partial charge < -0.3 is 20.8 Å². The van der Waals surface area contributed by atoms with Crippen LogP contribution in [0.2, 0.25) is 0 Å². The molecule has 0 aliphatic rings. The Morgan fingerprint density at radius 1 is 1.60 bits per heavy atom. The highest BCUT2D eigenvalue weighted by molar-refractivity contribution is 7.30. The van der Waals surface area contributed by atoms with Crippen molar-refractivity contribution in [2.24, 2.45) is 5.73 Å². The lowest BCUT2D eigenvalue weighted by Gasteiger charge is -1.92. The summed E-state index contributed by atoms with van der Waals surface area (Å²) in [5, 5.41) is 3.07. The average Bonchev–Trinajstić information content (AvgIpc) is 1.82. The van der Waals surface area contributed by atoms with E-state index < -0.39 is 8.25 Å². The van der Waals surface area contributed by atoms with Crippen LogP contribution in [0.15, 0.2) is 0 Å². The molecule has 5 nitrogen and oxygen atoms in total. The van der Waals surface area contributed by atoms with Gasteiger partial charge in [-0.25, -0.2) is 0 Å². The van der Waals surface area contributed by atoms with Gasteiger partial charge in [-0.15, -0.1) is 0 Å². The van der Waals surface area contributed by atoms with Gasteiger partial charge in [0.25, 0.3) is 0 Å². The molecule has 64 valence electrons. The second-order valence-electron chi connectivity index (χ2n) is 1.42. The van der Waals surface area contributed by atoms with Crippen LogP contribution in [-0.4, -0.2) is 29.4 Å². The van der Waals surface area contributed by atoms with Crippen molar-refractivity contribution < 1.29 is 14.4 Å². The summed E-state index contributed by atoms with van der Waals surface area (Å²) in [4.78, 5) is 14.3. The maximum absolute atomic E-state index is 8.74. The third-order valence-electron chi connectivity index (χ3n) is 0.571. The summed E-state index contributed by atoms with van der Waals surface area (Å²) in [5.74, 6) is 0. The van der Waals surface area contributed by atoms with Crippen LogP contribution >= 0.6 is 8.25 Å². The smallest absolute Gasteiger partial charge is 0.314 e. The Morgan fingerprint density at radius 3 is 2.10 bits per heavy atom. The van der Waals surface area contributed by atoms with Gasteiger partial charge in [0.1, 0.15) is 0 Å². The van der Waals surface area contributed by atoms with Gasteiger partial charge in [-0.2, -0.15) is 0 Å². The molecular formula is C4H15N2O3P. The second kappa shape index (κ2) is 11.8. The van der Waals surface area contributed by atoms with Gasteiger partial charge in [0, 0.05) is 13.1 Å². The van der Waals surface area contributed by atoms with Crippen molar-refractivity contribution in [3.05, 3.63) is 0 Å². The van der Waals surface area contributed by atoms with Crippen molar-refractivity contribution in [1.29, 1.82) is 0 Å². The first-order valence-electron chi connectivity index (χ1n) is 2.97. The summed E-state index contributed by atoms with van der Waals surface area (Å²) in [6, 6.07) is 0. The molecule has 0 spiro atoms. The molecule has 0 aliphatic heterocycles. The van der Waals surface area contributed by atoms with E-state index in [1.54, 1.807) is 0 Å². The van der Waals surface area contributed by atoms with E-state index in [4.69, 9.17) is 20.1 Å². The number of rotatable bonds is 3. The molecule has 0 saturated heterocycles. The van der Waals surface area contributed by atoms with Gasteiger partial charge in [0.05, 0.1) is 0 Å². The molecular weight excluding hydrogens is 155 g/mol. The van der Waals surface area contributed by atoms with Gasteiger partial charge in [0.15, 0.2) is 0 Å². The minimum Gasteiger partial charge on any atom is -0.329 e. The normalized spacial score (nSPS) is 8.90. The number of hydrogen-bond donors (Lipinski definition) is 4. The van der Waals surface area contributed by atoms with Crippen LogP contribution in [0.1, 0.15) is 6.92 Å². The highest BCUT2D eigenvalue weighted by Gasteiger charge is 1.71. The Hall–Kier alpha value is 0.0700. The monoisotopic (exact) mass is 170 g/mol. The van der Waals surface area contributed by atoms with Gasteiger partial charge in [0.2, 0.25) is 0 Å². The van der Waals surface area contributed by atoms with Crippen LogP contribution < -0.4 is 11.1 Å². The molecule has 0 unspecified atom stereocenters. The lowest BCUT2D eigenvalue weighted by Crippen LogP contribution is -2.21. The van der Waals surface area contributed by atoms with E-state index in [0.717, 1.165) is 19.6 Å². The number of nitrogens with two attached hydrogens (primary N) is 1. The predicted molar refractivity (Wildman–Crippen MR) is 41.0 cm³/mol. The molecule has 0 heterocycles. The van der Waals surface area contributed by atoms with Crippen LogP contribution in [0.4, 0.5) is 0 Å². The first-order valence-corrected chi connectivity index (χ1v) is 4.28. The predicted octanol–water partition coefficient (Wildman–Crippen LogP) is -1.08. The first kappa shape index (κ1) is 12.7. The first-order chi connectivity index (χ1) is 4.65. The summed E-state index contributed by atoms with van der Waals surface area (Å²) < 4.78 is 8.74. The molecule has 0 aromatic heterocycles. The van der Waals surface area contributed by atoms with Crippen LogP contribution in [-0.2, 0) is 4.57 Å². The standard InChI is InChI=1S/C4H12N2.H3O3P/c1-2-6-4-3-5;1-4(2)3/h6H,2-5H2,1H3;4H,(H2,1,2,3). The van der Waals surface area contributed by atoms with Crippen molar-refractivity contribution in [1.82, 2.24) is 5.32 Å². The lowest BCUT2D eigenvalue weighted by molar-refractivity contribution is 0.405. The van der Waals surface area contributed by atoms with Gasteiger partial charge in [-0.3, -0.25) is 4.57 Å². The van der Waals surface area contributed by atoms with E-state index in [9.17, 15) is 0 Å². The summed E-state index contributed by atoms with van der Waals surface area (Å²) in [6.45, 7) is 4.77. The SMILES string of the molecule is CCNCCN.O=[PH](O)O. The molecule has 0 aliphatic carbocycles. The van der Waals surface area contributed by atoms with Crippen molar-refractivity contribution in [3.63, 3.8) is 0 Å². The highest BCUT2D eigenvalue weighted by Crippen LogP contribution is 1.98. The maximum atomic E-state index is 8.74. The summed E-state index contributed by atoms with van der Waals surface area (Å²) >= 11 is 0. The number of likely N-dealkylation sites (N-methyl/N-ethyl adjacent to an activating group) is 1. The Kier molecular flexibility index (Phi) is 15.0. The number of nitrogens with one attached hydrogen (secondary N) is 1. The van der Waals surface area contributed by atoms with Gasteiger partial charge >= 0.3 is 8.25 Å². The molecule has 0 aromatic carbocycles. The molecule has 0 bridgehead atoms. The number of hydrogen-bond acceptors (Lipinski definition) is 3. The quantitative estimate of drug-likeness (QED) is 0.319. The third-order valence-corrected chi connectivity index (χ3v) is 0.571. The third kappa shape index (κ3) is 42.8. The van der Waals surface area contributed by atoms with Crippen LogP contribution in [0.5, 0.6) is 0 Å². The fourth-order valence-corrected chi connectivity index (χ4v) is 0.279. The van der Waals surface area contributed by atoms with Crippen molar-refractivity contribution >= 4 is 8.25 Å². The fraction of sp³-hybridized carbons (Fsp3) is 1.00. The Morgan fingerprint density at radius 2 is 2.00 bits per heavy atom. The molecule has 0 fully saturated rings. The highest BCUT2D eigenvalue weighted by atomic mass is 31.1. The van der Waals surface area contributed by atoms with Crippen LogP contribution in [0.25, 0.3) is 0 Å². The molecule has 0 radical (unpaired) electrons. The molecule has 0 atom stereocenters. The van der Waals surface area contributed by atoms with Crippen molar-refractivity contribution in [2.75, 3.05) is 19.6 Å². The molecule has 0 saturated carbocycles. The van der Waals surface area contributed by atoms with Crippen molar-refractivity contribution in [3.8, 4) is 0 Å². The maximum Gasteiger partial charge on any atom is 0.314 e. The van der Waals surface area contributed by atoms with E-state index in [2.05, 4.69) is 12.2 Å². The summed E-state index contributed by atoms with van der Waals surface area (Å²) in [7, 11) is -3.13. The Balaban J connectivity index is 0. The minimum absolute atomic E-state index is 0.744. The van der Waals surface area contributed by atoms with Crippen molar-refractivity contribution in [2.45, 2.75) is 6.92 Å². The van der Waals surface area contributed by atoms with E-state index in [1.807, 2.05) is 0 Å². The Bertz CT molecular complexity index is 72.9. The molecule has 0 amide bonds. The van der Waals surface area contributed by atoms with Crippen LogP contribution in [0.3, 0.4) is 0 Å². The fourth-order valence-electron chi connectivity index (χ4n) is 0.279. The zero-order chi connectivity index (χ0) is 8.41. The molecule has 10 heavy (non-hydrogen) atoms.